The van der Waals surface area contributed by atoms with Crippen molar-refractivity contribution in [1.82, 2.24) is 24.2 Å². The maximum Gasteiger partial charge on any atom is 0.270 e. The third-order valence-corrected chi connectivity index (χ3v) is 10.3. The second-order valence-corrected chi connectivity index (χ2v) is 13.1. The van der Waals surface area contributed by atoms with Gasteiger partial charge in [-0.15, -0.1) is 0 Å². The first kappa shape index (κ1) is 26.4. The number of piperidine rings is 1. The number of fused-ring (bicyclic) bond motifs is 3. The molecule has 0 radical (unpaired) electrons. The van der Waals surface area contributed by atoms with Crippen LogP contribution in [0.25, 0.3) is 5.65 Å². The molecule has 12 heteroatoms. The molecule has 4 aromatic rings. The Kier molecular flexibility index (Phi) is 6.37. The third kappa shape index (κ3) is 4.65. The van der Waals surface area contributed by atoms with Crippen LogP contribution in [0.3, 0.4) is 0 Å². The van der Waals surface area contributed by atoms with Gasteiger partial charge in [0, 0.05) is 36.8 Å². The smallest absolute Gasteiger partial charge is 0.270 e. The molecule has 2 aliphatic heterocycles. The minimum atomic E-state index is -3.75. The minimum Gasteiger partial charge on any atom is -0.492 e. The summed E-state index contributed by atoms with van der Waals surface area (Å²) in [5.74, 6) is 0.313. The summed E-state index contributed by atoms with van der Waals surface area (Å²) in [6.45, 7) is 2.12. The van der Waals surface area contributed by atoms with Crippen LogP contribution < -0.4 is 14.8 Å². The zero-order valence-electron chi connectivity index (χ0n) is 22.8. The van der Waals surface area contributed by atoms with Gasteiger partial charge in [-0.2, -0.15) is 9.61 Å². The summed E-state index contributed by atoms with van der Waals surface area (Å²) in [5.41, 5.74) is 2.58. The van der Waals surface area contributed by atoms with Crippen molar-refractivity contribution in [3.8, 4) is 5.75 Å². The Labute approximate surface area is 242 Å². The number of rotatable bonds is 7. The van der Waals surface area contributed by atoms with Crippen LogP contribution in [-0.4, -0.2) is 64.7 Å². The van der Waals surface area contributed by atoms with Crippen molar-refractivity contribution in [2.75, 3.05) is 25.0 Å². The molecule has 2 aromatic carbocycles. The number of carbonyl (C=O) groups is 2. The topological polar surface area (TPSA) is 135 Å². The Hall–Kier alpha value is -4.45. The van der Waals surface area contributed by atoms with Gasteiger partial charge in [0.05, 0.1) is 18.1 Å². The molecule has 4 heterocycles. The molecule has 1 saturated heterocycles. The quantitative estimate of drug-likeness (QED) is 0.337. The van der Waals surface area contributed by atoms with Gasteiger partial charge >= 0.3 is 0 Å². The van der Waals surface area contributed by atoms with Gasteiger partial charge in [-0.1, -0.05) is 48.5 Å². The molecule has 1 saturated carbocycles. The molecule has 0 unspecified atom stereocenters. The lowest BCUT2D eigenvalue weighted by molar-refractivity contribution is 0.0646. The highest BCUT2D eigenvalue weighted by atomic mass is 32.2. The Bertz CT molecular complexity index is 1790. The molecular formula is C30H30N6O5S. The highest BCUT2D eigenvalue weighted by Crippen LogP contribution is 2.45. The summed E-state index contributed by atoms with van der Waals surface area (Å²) in [4.78, 5) is 33.1. The fraction of sp³-hybridized carbons (Fsp3) is 0.333. The van der Waals surface area contributed by atoms with Gasteiger partial charge in [-0.3, -0.25) is 9.59 Å². The molecule has 1 spiro atoms. The van der Waals surface area contributed by atoms with Gasteiger partial charge in [0.25, 0.3) is 11.8 Å². The Morgan fingerprint density at radius 2 is 1.71 bits per heavy atom. The molecule has 0 atom stereocenters. The molecule has 2 amide bonds. The zero-order valence-corrected chi connectivity index (χ0v) is 23.6. The Morgan fingerprint density at radius 3 is 2.48 bits per heavy atom. The van der Waals surface area contributed by atoms with Crippen LogP contribution in [0.15, 0.2) is 67.0 Å². The molecule has 42 heavy (non-hydrogen) atoms. The van der Waals surface area contributed by atoms with E-state index in [1.54, 1.807) is 0 Å². The number of likely N-dealkylation sites (tertiary alicyclic amines) is 1. The largest absolute Gasteiger partial charge is 0.492 e. The molecule has 7 rings (SSSR count). The molecular weight excluding hydrogens is 556 g/mol. The van der Waals surface area contributed by atoms with Crippen LogP contribution in [0.5, 0.6) is 5.75 Å². The van der Waals surface area contributed by atoms with E-state index in [-0.39, 0.29) is 22.5 Å². The number of benzene rings is 2. The first-order valence-corrected chi connectivity index (χ1v) is 15.6. The standard InChI is InChI=1S/C30H30N6O5S/c37-28(34-42(39,40)21-10-11-21)22-18-33-36-26(22)32-17-23(27(36)31-16-20-6-2-1-3-7-20)29(38)35-14-12-30(13-15-35)19-41-25-9-5-4-8-24(25)30/h1-9,17-18,21,31H,10-16,19H2,(H,34,37). The molecule has 2 N–H and O–H groups in total. The molecule has 2 fully saturated rings. The number of sulfonamides is 1. The first-order chi connectivity index (χ1) is 20.3. The summed E-state index contributed by atoms with van der Waals surface area (Å²) in [6, 6.07) is 17.8. The molecule has 11 nitrogen and oxygen atoms in total. The highest BCUT2D eigenvalue weighted by Gasteiger charge is 2.44. The maximum absolute atomic E-state index is 13.9. The fourth-order valence-corrected chi connectivity index (χ4v) is 7.18. The van der Waals surface area contributed by atoms with Crippen molar-refractivity contribution in [3.05, 3.63) is 89.2 Å². The summed E-state index contributed by atoms with van der Waals surface area (Å²) in [7, 11) is -3.75. The SMILES string of the molecule is O=C(NS(=O)(=O)C1CC1)c1cnn2c(NCc3ccccc3)c(C(=O)N3CCC4(CC3)COc3ccccc34)cnc12. The van der Waals surface area contributed by atoms with E-state index in [4.69, 9.17) is 4.74 Å². The van der Waals surface area contributed by atoms with Crippen molar-refractivity contribution < 1.29 is 22.7 Å². The minimum absolute atomic E-state index is 0.0146. The van der Waals surface area contributed by atoms with Gasteiger partial charge in [0.2, 0.25) is 10.0 Å². The number of anilines is 1. The van der Waals surface area contributed by atoms with E-state index in [1.165, 1.54) is 22.5 Å². The molecule has 1 aliphatic carbocycles. The van der Waals surface area contributed by atoms with Gasteiger partial charge in [0.15, 0.2) is 5.65 Å². The van der Waals surface area contributed by atoms with E-state index in [0.717, 1.165) is 24.2 Å². The maximum atomic E-state index is 13.9. The van der Waals surface area contributed by atoms with E-state index in [2.05, 4.69) is 26.2 Å². The summed E-state index contributed by atoms with van der Waals surface area (Å²) in [6.07, 6.45) is 5.35. The van der Waals surface area contributed by atoms with Gasteiger partial charge in [0.1, 0.15) is 22.7 Å². The number of para-hydroxylation sites is 1. The van der Waals surface area contributed by atoms with Crippen LogP contribution in [-0.2, 0) is 22.0 Å². The van der Waals surface area contributed by atoms with Crippen molar-refractivity contribution in [3.63, 3.8) is 0 Å². The Balaban J connectivity index is 1.18. The lowest BCUT2D eigenvalue weighted by Gasteiger charge is -2.38. The summed E-state index contributed by atoms with van der Waals surface area (Å²) < 4.78 is 34.3. The van der Waals surface area contributed by atoms with Crippen LogP contribution >= 0.6 is 0 Å². The first-order valence-electron chi connectivity index (χ1n) is 14.1. The van der Waals surface area contributed by atoms with Gasteiger partial charge < -0.3 is 15.0 Å². The monoisotopic (exact) mass is 586 g/mol. The van der Waals surface area contributed by atoms with Crippen LogP contribution in [0, 0.1) is 0 Å². The van der Waals surface area contributed by atoms with Gasteiger partial charge in [-0.25, -0.2) is 18.1 Å². The molecule has 0 bridgehead atoms. The average Bonchev–Trinajstić information content (AvgIpc) is 3.71. The van der Waals surface area contributed by atoms with Crippen molar-refractivity contribution >= 4 is 33.3 Å². The molecule has 3 aliphatic rings. The predicted molar refractivity (Wildman–Crippen MR) is 155 cm³/mol. The number of amides is 2. The number of carbonyl (C=O) groups excluding carboxylic acids is 2. The van der Waals surface area contributed by atoms with Crippen molar-refractivity contribution in [2.24, 2.45) is 0 Å². The third-order valence-electron chi connectivity index (χ3n) is 8.47. The summed E-state index contributed by atoms with van der Waals surface area (Å²) in [5, 5.41) is 7.14. The van der Waals surface area contributed by atoms with Crippen LogP contribution in [0.4, 0.5) is 5.82 Å². The molecule has 216 valence electrons. The second kappa shape index (κ2) is 10.1. The number of hydrogen-bond donors (Lipinski definition) is 2. The molecule has 2 aromatic heterocycles. The Morgan fingerprint density at radius 1 is 0.976 bits per heavy atom. The zero-order chi connectivity index (χ0) is 28.9. The van der Waals surface area contributed by atoms with Crippen LogP contribution in [0.1, 0.15) is 57.5 Å². The lowest BCUT2D eigenvalue weighted by Crippen LogP contribution is -2.46. The predicted octanol–water partition coefficient (Wildman–Crippen LogP) is 3.13. The number of nitrogens with zero attached hydrogens (tertiary/aromatic N) is 4. The van der Waals surface area contributed by atoms with E-state index in [0.29, 0.717) is 50.5 Å². The number of aromatic nitrogens is 3. The lowest BCUT2D eigenvalue weighted by atomic mass is 9.74. The second-order valence-electron chi connectivity index (χ2n) is 11.2. The van der Waals surface area contributed by atoms with E-state index in [9.17, 15) is 18.0 Å². The average molecular weight is 587 g/mol. The summed E-state index contributed by atoms with van der Waals surface area (Å²) >= 11 is 0. The van der Waals surface area contributed by atoms with Crippen molar-refractivity contribution in [2.45, 2.75) is 42.9 Å². The fourth-order valence-electron chi connectivity index (χ4n) is 5.89. The van der Waals surface area contributed by atoms with Crippen LogP contribution in [0.2, 0.25) is 0 Å². The number of nitrogens with one attached hydrogen (secondary N) is 2. The number of ether oxygens (including phenoxy) is 1. The highest BCUT2D eigenvalue weighted by molar-refractivity contribution is 7.91. The van der Waals surface area contributed by atoms with E-state index >= 15 is 0 Å². The van der Waals surface area contributed by atoms with E-state index < -0.39 is 21.2 Å². The van der Waals surface area contributed by atoms with Crippen molar-refractivity contribution in [1.29, 1.82) is 0 Å². The van der Waals surface area contributed by atoms with Gasteiger partial charge in [-0.05, 0) is 37.3 Å². The normalized spacial score (nSPS) is 17.6. The number of hydrogen-bond acceptors (Lipinski definition) is 8. The van der Waals surface area contributed by atoms with E-state index in [1.807, 2.05) is 53.4 Å².